The maximum Gasteiger partial charge on any atom is 0.409 e. The van der Waals surface area contributed by atoms with Crippen LogP contribution in [0.2, 0.25) is 0 Å². The Kier molecular flexibility index (Phi) is 6.51. The lowest BCUT2D eigenvalue weighted by Gasteiger charge is -2.06. The lowest BCUT2D eigenvalue weighted by Crippen LogP contribution is -2.08. The number of carboxylic acid groups (broad SMARTS) is 3. The molecule has 1 amide bonds. The Morgan fingerprint density at radius 3 is 2.12 bits per heavy atom. The summed E-state index contributed by atoms with van der Waals surface area (Å²) in [6.45, 7) is 0. The van der Waals surface area contributed by atoms with Gasteiger partial charge in [-0.1, -0.05) is 30.3 Å². The molecule has 2 aromatic rings. The van der Waals surface area contributed by atoms with Crippen LogP contribution < -0.4 is 5.32 Å². The smallest absolute Gasteiger partial charge is 0.409 e. The lowest BCUT2D eigenvalue weighted by molar-refractivity contribution is -0.134. The van der Waals surface area contributed by atoms with Crippen molar-refractivity contribution in [3.05, 3.63) is 52.9 Å². The van der Waals surface area contributed by atoms with Crippen molar-refractivity contribution in [2.75, 3.05) is 5.32 Å². The molecule has 0 radical (unpaired) electrons. The minimum atomic E-state index is -1.26. The molecule has 8 heteroatoms. The molecule has 0 saturated carbocycles. The van der Waals surface area contributed by atoms with Gasteiger partial charge in [-0.2, -0.15) is 0 Å². The van der Waals surface area contributed by atoms with E-state index in [-0.39, 0.29) is 0 Å². The fourth-order valence-electron chi connectivity index (χ4n) is 2.58. The summed E-state index contributed by atoms with van der Waals surface area (Å²) in [4.78, 5) is 32.4. The molecule has 1 aromatic heterocycles. The lowest BCUT2D eigenvalue weighted by atomic mass is 10.1. The number of anilines is 1. The third kappa shape index (κ3) is 5.18. The fourth-order valence-corrected chi connectivity index (χ4v) is 3.93. The molecule has 7 nitrogen and oxygen atoms in total. The van der Waals surface area contributed by atoms with Crippen molar-refractivity contribution in [1.82, 2.24) is 0 Å². The fraction of sp³-hybridized carbons (Fsp3) is 0.167. The normalized spacial score (nSPS) is 12.2. The van der Waals surface area contributed by atoms with Gasteiger partial charge in [0.15, 0.2) is 0 Å². The number of amides is 1. The maximum atomic E-state index is 10.9. The van der Waals surface area contributed by atoms with Crippen LogP contribution in [0.25, 0.3) is 10.4 Å². The molecule has 1 aromatic carbocycles. The molecule has 0 atom stereocenters. The van der Waals surface area contributed by atoms with E-state index in [1.807, 2.05) is 30.3 Å². The minimum absolute atomic E-state index is 0.558. The van der Waals surface area contributed by atoms with Gasteiger partial charge in [0.05, 0.1) is 10.6 Å². The molecule has 0 aliphatic heterocycles. The van der Waals surface area contributed by atoms with Gasteiger partial charge >= 0.3 is 18.0 Å². The predicted octanol–water partition coefficient (Wildman–Crippen LogP) is 3.71. The molecule has 0 unspecified atom stereocenters. The van der Waals surface area contributed by atoms with Crippen molar-refractivity contribution in [1.29, 1.82) is 0 Å². The number of fused-ring (bicyclic) bond motifs is 1. The Balaban J connectivity index is 0.000000260. The van der Waals surface area contributed by atoms with Crippen molar-refractivity contribution in [2.24, 2.45) is 0 Å². The highest BCUT2D eigenvalue weighted by molar-refractivity contribution is 7.16. The van der Waals surface area contributed by atoms with Crippen molar-refractivity contribution < 1.29 is 29.7 Å². The molecule has 3 rings (SSSR count). The average molecular weight is 375 g/mol. The second kappa shape index (κ2) is 8.82. The molecule has 0 spiro atoms. The van der Waals surface area contributed by atoms with Gasteiger partial charge in [0.25, 0.3) is 0 Å². The second-order valence-corrected chi connectivity index (χ2v) is 6.47. The second-order valence-electron chi connectivity index (χ2n) is 5.37. The van der Waals surface area contributed by atoms with Gasteiger partial charge in [0.1, 0.15) is 0 Å². The Morgan fingerprint density at radius 1 is 0.962 bits per heavy atom. The summed E-state index contributed by atoms with van der Waals surface area (Å²) in [6.07, 6.45) is 3.31. The van der Waals surface area contributed by atoms with Gasteiger partial charge in [-0.25, -0.2) is 14.4 Å². The first kappa shape index (κ1) is 19.2. The number of thiophene rings is 1. The molecule has 0 bridgehead atoms. The van der Waals surface area contributed by atoms with Crippen molar-refractivity contribution in [2.45, 2.75) is 19.3 Å². The van der Waals surface area contributed by atoms with Gasteiger partial charge in [0.2, 0.25) is 0 Å². The van der Waals surface area contributed by atoms with Crippen LogP contribution >= 0.6 is 11.3 Å². The monoisotopic (exact) mass is 375 g/mol. The van der Waals surface area contributed by atoms with Gasteiger partial charge in [-0.15, -0.1) is 11.3 Å². The maximum absolute atomic E-state index is 10.9. The molecule has 1 aliphatic rings. The zero-order valence-corrected chi connectivity index (χ0v) is 14.5. The van der Waals surface area contributed by atoms with E-state index in [4.69, 9.17) is 15.3 Å². The van der Waals surface area contributed by atoms with Gasteiger partial charge < -0.3 is 15.3 Å². The third-order valence-corrected chi connectivity index (χ3v) is 4.90. The largest absolute Gasteiger partial charge is 0.478 e. The zero-order chi connectivity index (χ0) is 19.1. The number of aliphatic carboxylic acids is 2. The number of aryl methyl sites for hydroxylation is 1. The van der Waals surface area contributed by atoms with Crippen molar-refractivity contribution >= 4 is 35.1 Å². The molecular weight excluding hydrogens is 358 g/mol. The van der Waals surface area contributed by atoms with Gasteiger partial charge in [-0.3, -0.25) is 5.32 Å². The Morgan fingerprint density at radius 2 is 1.58 bits per heavy atom. The van der Waals surface area contributed by atoms with Crippen LogP contribution in [0.15, 0.2) is 42.5 Å². The highest BCUT2D eigenvalue weighted by atomic mass is 32.1. The summed E-state index contributed by atoms with van der Waals surface area (Å²) < 4.78 is 0. The van der Waals surface area contributed by atoms with E-state index in [2.05, 4.69) is 5.32 Å². The van der Waals surface area contributed by atoms with Crippen LogP contribution in [0.5, 0.6) is 0 Å². The van der Waals surface area contributed by atoms with E-state index in [1.165, 1.54) is 10.4 Å². The van der Waals surface area contributed by atoms with Crippen molar-refractivity contribution in [3.8, 4) is 10.4 Å². The van der Waals surface area contributed by atoms with E-state index < -0.39 is 18.0 Å². The number of hydrogen-bond donors (Lipinski definition) is 4. The highest BCUT2D eigenvalue weighted by Crippen LogP contribution is 2.44. The first-order chi connectivity index (χ1) is 12.4. The summed E-state index contributed by atoms with van der Waals surface area (Å²) in [5.41, 5.74) is 3.08. The zero-order valence-electron chi connectivity index (χ0n) is 13.6. The van der Waals surface area contributed by atoms with E-state index in [9.17, 15) is 14.4 Å². The molecular formula is C18H17NO6S. The first-order valence-electron chi connectivity index (χ1n) is 7.72. The number of carboxylic acids is 2. The number of carbonyl (C=O) groups is 3. The molecule has 136 valence electrons. The van der Waals surface area contributed by atoms with Crippen LogP contribution in [0.3, 0.4) is 0 Å². The standard InChI is InChI=1S/C14H13NO2S.C4H4O4/c16-14(17)15-12-10-7-4-8-11(10)18-13(12)9-5-2-1-3-6-9;5-3(6)1-2-4(7)8/h1-3,5-6,15H,4,7-8H2,(H,16,17);1-2H,(H,5,6)(H,7,8)/b;2-1+. The van der Waals surface area contributed by atoms with E-state index in [0.29, 0.717) is 12.2 Å². The molecule has 4 N–H and O–H groups in total. The molecule has 1 heterocycles. The van der Waals surface area contributed by atoms with Crippen LogP contribution in [0.4, 0.5) is 10.5 Å². The van der Waals surface area contributed by atoms with Crippen LogP contribution in [0, 0.1) is 0 Å². The Bertz CT molecular complexity index is 825. The van der Waals surface area contributed by atoms with Gasteiger partial charge in [0, 0.05) is 17.0 Å². The Hall–Kier alpha value is -3.13. The number of hydrogen-bond acceptors (Lipinski definition) is 4. The van der Waals surface area contributed by atoms with Crippen LogP contribution in [0.1, 0.15) is 16.9 Å². The summed E-state index contributed by atoms with van der Waals surface area (Å²) in [7, 11) is 0. The third-order valence-electron chi connectivity index (χ3n) is 3.56. The first-order valence-corrected chi connectivity index (χ1v) is 8.54. The SMILES string of the molecule is O=C(O)/C=C/C(=O)O.O=C(O)Nc1c(-c2ccccc2)sc2c1CCC2. The number of benzene rings is 1. The molecule has 1 aliphatic carbocycles. The van der Waals surface area contributed by atoms with Gasteiger partial charge in [-0.05, 0) is 30.4 Å². The minimum Gasteiger partial charge on any atom is -0.478 e. The van der Waals surface area contributed by atoms with Crippen molar-refractivity contribution in [3.63, 3.8) is 0 Å². The number of rotatable bonds is 4. The molecule has 0 saturated heterocycles. The molecule has 0 fully saturated rings. The van der Waals surface area contributed by atoms with E-state index >= 15 is 0 Å². The quantitative estimate of drug-likeness (QED) is 0.604. The summed E-state index contributed by atoms with van der Waals surface area (Å²) in [6, 6.07) is 9.96. The predicted molar refractivity (Wildman–Crippen MR) is 97.8 cm³/mol. The van der Waals surface area contributed by atoms with E-state index in [1.54, 1.807) is 11.3 Å². The van der Waals surface area contributed by atoms with Crippen LogP contribution in [-0.2, 0) is 22.4 Å². The molecule has 26 heavy (non-hydrogen) atoms. The topological polar surface area (TPSA) is 124 Å². The highest BCUT2D eigenvalue weighted by Gasteiger charge is 2.23. The summed E-state index contributed by atoms with van der Waals surface area (Å²) >= 11 is 1.72. The summed E-state index contributed by atoms with van der Waals surface area (Å²) in [5, 5.41) is 27.2. The number of nitrogens with one attached hydrogen (secondary N) is 1. The summed E-state index contributed by atoms with van der Waals surface area (Å²) in [5.74, 6) is -2.51. The average Bonchev–Trinajstić information content (AvgIpc) is 3.17. The Labute approximate surface area is 153 Å². The van der Waals surface area contributed by atoms with Crippen LogP contribution in [-0.4, -0.2) is 33.4 Å². The van der Waals surface area contributed by atoms with E-state index in [0.717, 1.165) is 35.4 Å².